The molecule has 1 N–H and O–H groups in total. The van der Waals surface area contributed by atoms with Gasteiger partial charge in [-0.25, -0.2) is 0 Å². The Hall–Kier alpha value is -0.870. The van der Waals surface area contributed by atoms with E-state index in [0.29, 0.717) is 5.56 Å². The van der Waals surface area contributed by atoms with Crippen LogP contribution in [0.4, 0.5) is 0 Å². The minimum absolute atomic E-state index is 0.475. The molecule has 0 aliphatic heterocycles. The van der Waals surface area contributed by atoms with Gasteiger partial charge in [-0.2, -0.15) is 8.42 Å². The standard InChI is InChI=1S/C8H9O3S/c1-7-2-4-8(5-3-7)6-12(9,10)11/h2-6H,1H3,(H,9,10,11). The van der Waals surface area contributed by atoms with Crippen LogP contribution in [0.15, 0.2) is 24.3 Å². The lowest BCUT2D eigenvalue weighted by Crippen LogP contribution is -1.98. The number of benzene rings is 1. The van der Waals surface area contributed by atoms with Crippen LogP contribution in [0.3, 0.4) is 0 Å². The van der Waals surface area contributed by atoms with Crippen LogP contribution >= 0.6 is 0 Å². The third-order valence-corrected chi connectivity index (χ3v) is 1.93. The molecule has 65 valence electrons. The van der Waals surface area contributed by atoms with Crippen molar-refractivity contribution in [3.63, 3.8) is 0 Å². The van der Waals surface area contributed by atoms with E-state index in [1.807, 2.05) is 6.92 Å². The maximum atomic E-state index is 10.4. The fourth-order valence-corrected chi connectivity index (χ4v) is 1.32. The quantitative estimate of drug-likeness (QED) is 0.708. The van der Waals surface area contributed by atoms with Crippen molar-refractivity contribution in [2.45, 2.75) is 6.92 Å². The molecule has 0 amide bonds. The van der Waals surface area contributed by atoms with E-state index < -0.39 is 10.1 Å². The normalized spacial score (nSPS) is 11.5. The number of hydrogen-bond donors (Lipinski definition) is 1. The van der Waals surface area contributed by atoms with Crippen LogP contribution in [0.1, 0.15) is 11.1 Å². The largest absolute Gasteiger partial charge is 0.285 e. The minimum Gasteiger partial charge on any atom is -0.285 e. The molecule has 0 bridgehead atoms. The van der Waals surface area contributed by atoms with Crippen LogP contribution in [-0.4, -0.2) is 13.0 Å². The molecular formula is C8H9O3S. The summed E-state index contributed by atoms with van der Waals surface area (Å²) < 4.78 is 29.2. The Morgan fingerprint density at radius 1 is 1.25 bits per heavy atom. The summed E-state index contributed by atoms with van der Waals surface area (Å²) in [7, 11) is -4.02. The first-order valence-corrected chi connectivity index (χ1v) is 4.86. The van der Waals surface area contributed by atoms with E-state index in [0.717, 1.165) is 11.3 Å². The Balaban J connectivity index is 2.85. The van der Waals surface area contributed by atoms with Crippen molar-refractivity contribution in [3.8, 4) is 0 Å². The predicted octanol–water partition coefficient (Wildman–Crippen LogP) is 1.39. The van der Waals surface area contributed by atoms with Crippen molar-refractivity contribution in [1.29, 1.82) is 0 Å². The first kappa shape index (κ1) is 9.22. The third kappa shape index (κ3) is 3.02. The number of rotatable bonds is 2. The minimum atomic E-state index is -4.02. The van der Waals surface area contributed by atoms with Gasteiger partial charge in [-0.3, -0.25) is 4.55 Å². The van der Waals surface area contributed by atoms with E-state index in [1.54, 1.807) is 24.3 Å². The molecule has 1 aromatic carbocycles. The zero-order valence-electron chi connectivity index (χ0n) is 6.56. The second kappa shape index (κ2) is 3.25. The lowest BCUT2D eigenvalue weighted by Gasteiger charge is -1.97. The van der Waals surface area contributed by atoms with Crippen LogP contribution in [0, 0.1) is 12.7 Å². The molecule has 0 aromatic heterocycles. The molecule has 0 saturated carbocycles. The lowest BCUT2D eigenvalue weighted by molar-refractivity contribution is 0.491. The average molecular weight is 185 g/mol. The molecule has 0 aliphatic carbocycles. The van der Waals surface area contributed by atoms with Gasteiger partial charge in [0.15, 0.2) is 0 Å². The zero-order valence-corrected chi connectivity index (χ0v) is 7.38. The number of hydrogen-bond acceptors (Lipinski definition) is 2. The van der Waals surface area contributed by atoms with E-state index in [4.69, 9.17) is 4.55 Å². The van der Waals surface area contributed by atoms with Crippen molar-refractivity contribution in [1.82, 2.24) is 0 Å². The fraction of sp³-hybridized carbons (Fsp3) is 0.125. The van der Waals surface area contributed by atoms with E-state index in [2.05, 4.69) is 0 Å². The highest BCUT2D eigenvalue weighted by Gasteiger charge is 2.06. The molecule has 4 heteroatoms. The molecule has 0 atom stereocenters. The summed E-state index contributed by atoms with van der Waals surface area (Å²) in [4.78, 5) is 0. The van der Waals surface area contributed by atoms with Gasteiger partial charge < -0.3 is 0 Å². The zero-order chi connectivity index (χ0) is 9.19. The summed E-state index contributed by atoms with van der Waals surface area (Å²) in [6.45, 7) is 1.90. The Labute approximate surface area is 71.8 Å². The van der Waals surface area contributed by atoms with Crippen molar-refractivity contribution >= 4 is 10.1 Å². The molecular weight excluding hydrogens is 176 g/mol. The van der Waals surface area contributed by atoms with Gasteiger partial charge in [-0.1, -0.05) is 29.8 Å². The summed E-state index contributed by atoms with van der Waals surface area (Å²) in [5, 5.41) is 0. The summed E-state index contributed by atoms with van der Waals surface area (Å²) in [6, 6.07) is 6.81. The molecule has 3 nitrogen and oxygen atoms in total. The number of aryl methyl sites for hydroxylation is 1. The monoisotopic (exact) mass is 185 g/mol. The molecule has 0 saturated heterocycles. The average Bonchev–Trinajstić information content (AvgIpc) is 1.91. The second-order valence-electron chi connectivity index (χ2n) is 2.54. The maximum Gasteiger partial charge on any atom is 0.273 e. The molecule has 0 aliphatic rings. The van der Waals surface area contributed by atoms with Gasteiger partial charge in [0, 0.05) is 0 Å². The van der Waals surface area contributed by atoms with Crippen LogP contribution < -0.4 is 0 Å². The smallest absolute Gasteiger partial charge is 0.273 e. The highest BCUT2D eigenvalue weighted by molar-refractivity contribution is 7.88. The van der Waals surface area contributed by atoms with Gasteiger partial charge in [-0.05, 0) is 12.5 Å². The molecule has 1 radical (unpaired) electrons. The van der Waals surface area contributed by atoms with Crippen LogP contribution in [0.2, 0.25) is 0 Å². The molecule has 0 fully saturated rings. The van der Waals surface area contributed by atoms with Crippen molar-refractivity contribution in [3.05, 3.63) is 41.1 Å². The van der Waals surface area contributed by atoms with Crippen LogP contribution in [0.5, 0.6) is 0 Å². The molecule has 1 aromatic rings. The maximum absolute atomic E-state index is 10.4. The van der Waals surface area contributed by atoms with Crippen molar-refractivity contribution < 1.29 is 13.0 Å². The SMILES string of the molecule is Cc1ccc([CH]S(=O)(=O)O)cc1. The first-order chi connectivity index (χ1) is 5.47. The fourth-order valence-electron chi connectivity index (χ4n) is 0.817. The van der Waals surface area contributed by atoms with Crippen LogP contribution in [-0.2, 0) is 10.1 Å². The predicted molar refractivity (Wildman–Crippen MR) is 46.1 cm³/mol. The highest BCUT2D eigenvalue weighted by atomic mass is 32.2. The van der Waals surface area contributed by atoms with E-state index in [-0.39, 0.29) is 0 Å². The van der Waals surface area contributed by atoms with Crippen LogP contribution in [0.25, 0.3) is 0 Å². The third-order valence-electron chi connectivity index (χ3n) is 1.36. The Kier molecular flexibility index (Phi) is 2.49. The van der Waals surface area contributed by atoms with E-state index in [1.165, 1.54) is 0 Å². The van der Waals surface area contributed by atoms with E-state index >= 15 is 0 Å². The molecule has 0 unspecified atom stereocenters. The van der Waals surface area contributed by atoms with Crippen molar-refractivity contribution in [2.24, 2.45) is 0 Å². The van der Waals surface area contributed by atoms with Gasteiger partial charge in [0.25, 0.3) is 10.1 Å². The second-order valence-corrected chi connectivity index (χ2v) is 3.81. The van der Waals surface area contributed by atoms with Gasteiger partial charge in [-0.15, -0.1) is 0 Å². The van der Waals surface area contributed by atoms with Crippen molar-refractivity contribution in [2.75, 3.05) is 0 Å². The van der Waals surface area contributed by atoms with Gasteiger partial charge >= 0.3 is 0 Å². The lowest BCUT2D eigenvalue weighted by atomic mass is 10.2. The summed E-state index contributed by atoms with van der Waals surface area (Å²) in [5.41, 5.74) is 1.52. The Morgan fingerprint density at radius 2 is 1.75 bits per heavy atom. The highest BCUT2D eigenvalue weighted by Crippen LogP contribution is 2.08. The summed E-state index contributed by atoms with van der Waals surface area (Å²) in [6.07, 6.45) is 0. The summed E-state index contributed by atoms with van der Waals surface area (Å²) >= 11 is 0. The Bertz CT molecular complexity index is 350. The Morgan fingerprint density at radius 3 is 2.17 bits per heavy atom. The molecule has 0 heterocycles. The molecule has 1 rings (SSSR count). The van der Waals surface area contributed by atoms with E-state index in [9.17, 15) is 8.42 Å². The topological polar surface area (TPSA) is 54.4 Å². The molecule has 0 spiro atoms. The van der Waals surface area contributed by atoms with Gasteiger partial charge in [0.1, 0.15) is 5.75 Å². The summed E-state index contributed by atoms with van der Waals surface area (Å²) in [5.74, 6) is 0.812. The molecule has 12 heavy (non-hydrogen) atoms. The van der Waals surface area contributed by atoms with Gasteiger partial charge in [0.2, 0.25) is 0 Å². The first-order valence-electron chi connectivity index (χ1n) is 3.36. The van der Waals surface area contributed by atoms with Gasteiger partial charge in [0.05, 0.1) is 0 Å².